The Kier molecular flexibility index (Phi) is 5.89. The molecule has 1 amide bonds. The van der Waals surface area contributed by atoms with E-state index >= 15 is 0 Å². The fourth-order valence-electron chi connectivity index (χ4n) is 2.22. The molecule has 0 heterocycles. The van der Waals surface area contributed by atoms with Gasteiger partial charge in [0.25, 0.3) is 5.91 Å². The van der Waals surface area contributed by atoms with Crippen molar-refractivity contribution in [1.82, 2.24) is 0 Å². The van der Waals surface area contributed by atoms with Gasteiger partial charge in [0.15, 0.2) is 11.5 Å². The van der Waals surface area contributed by atoms with E-state index in [1.807, 2.05) is 6.92 Å². The second-order valence-corrected chi connectivity index (χ2v) is 4.83. The van der Waals surface area contributed by atoms with Crippen molar-refractivity contribution in [3.8, 4) is 23.0 Å². The molecule has 0 aromatic heterocycles. The van der Waals surface area contributed by atoms with Crippen LogP contribution in [0.2, 0.25) is 0 Å². The summed E-state index contributed by atoms with van der Waals surface area (Å²) in [5.74, 6) is 1.77. The molecule has 1 N–H and O–H groups in total. The Morgan fingerprint density at radius 1 is 0.958 bits per heavy atom. The lowest BCUT2D eigenvalue weighted by Gasteiger charge is -2.14. The van der Waals surface area contributed by atoms with Gasteiger partial charge in [0.2, 0.25) is 5.75 Å². The maximum atomic E-state index is 12.5. The van der Waals surface area contributed by atoms with Gasteiger partial charge in [-0.25, -0.2) is 0 Å². The first kappa shape index (κ1) is 17.5. The van der Waals surface area contributed by atoms with Crippen molar-refractivity contribution in [2.24, 2.45) is 0 Å². The number of carbonyl (C=O) groups is 1. The molecule has 2 aromatic rings. The molecular weight excluding hydrogens is 310 g/mol. The van der Waals surface area contributed by atoms with E-state index in [1.165, 1.54) is 21.3 Å². The number of anilines is 1. The molecule has 0 spiro atoms. The van der Waals surface area contributed by atoms with E-state index in [1.54, 1.807) is 36.4 Å². The van der Waals surface area contributed by atoms with E-state index in [-0.39, 0.29) is 5.91 Å². The van der Waals surface area contributed by atoms with E-state index in [0.717, 1.165) is 5.75 Å². The van der Waals surface area contributed by atoms with Crippen LogP contribution in [0.25, 0.3) is 0 Å². The first-order valence-electron chi connectivity index (χ1n) is 7.47. The molecule has 128 valence electrons. The topological polar surface area (TPSA) is 66.0 Å². The van der Waals surface area contributed by atoms with Gasteiger partial charge in [-0.3, -0.25) is 4.79 Å². The predicted molar refractivity (Wildman–Crippen MR) is 91.7 cm³/mol. The maximum Gasteiger partial charge on any atom is 0.255 e. The van der Waals surface area contributed by atoms with Crippen molar-refractivity contribution in [2.45, 2.75) is 6.92 Å². The van der Waals surface area contributed by atoms with Gasteiger partial charge in [-0.15, -0.1) is 0 Å². The minimum absolute atomic E-state index is 0.279. The Hall–Kier alpha value is -2.89. The standard InChI is InChI=1S/C18H21NO5/c1-5-24-14-8-6-13(7-9-14)19-18(20)12-10-15(21-2)17(23-4)16(11-12)22-3/h6-11H,5H2,1-4H3,(H,19,20). The van der Waals surface area contributed by atoms with Gasteiger partial charge in [0.05, 0.1) is 27.9 Å². The lowest BCUT2D eigenvalue weighted by atomic mass is 10.1. The Labute approximate surface area is 141 Å². The van der Waals surface area contributed by atoms with Crippen LogP contribution in [0.4, 0.5) is 5.69 Å². The molecule has 24 heavy (non-hydrogen) atoms. The van der Waals surface area contributed by atoms with Crippen molar-refractivity contribution in [2.75, 3.05) is 33.3 Å². The molecule has 0 saturated carbocycles. The first-order valence-corrected chi connectivity index (χ1v) is 7.47. The monoisotopic (exact) mass is 331 g/mol. The summed E-state index contributed by atoms with van der Waals surface area (Å²) in [6.07, 6.45) is 0. The number of amides is 1. The molecule has 0 unspecified atom stereocenters. The second kappa shape index (κ2) is 8.10. The van der Waals surface area contributed by atoms with Crippen LogP contribution < -0.4 is 24.3 Å². The van der Waals surface area contributed by atoms with Crippen molar-refractivity contribution >= 4 is 11.6 Å². The van der Waals surface area contributed by atoms with Crippen molar-refractivity contribution in [3.63, 3.8) is 0 Å². The lowest BCUT2D eigenvalue weighted by Crippen LogP contribution is -2.12. The van der Waals surface area contributed by atoms with E-state index in [0.29, 0.717) is 35.1 Å². The number of nitrogens with one attached hydrogen (secondary N) is 1. The highest BCUT2D eigenvalue weighted by atomic mass is 16.5. The third-order valence-corrected chi connectivity index (χ3v) is 3.35. The number of benzene rings is 2. The summed E-state index contributed by atoms with van der Waals surface area (Å²) in [4.78, 5) is 12.5. The SMILES string of the molecule is CCOc1ccc(NC(=O)c2cc(OC)c(OC)c(OC)c2)cc1. The van der Waals surface area contributed by atoms with Crippen LogP contribution >= 0.6 is 0 Å². The molecule has 6 nitrogen and oxygen atoms in total. The molecule has 2 aromatic carbocycles. The fourth-order valence-corrected chi connectivity index (χ4v) is 2.22. The number of rotatable bonds is 7. The van der Waals surface area contributed by atoms with Crippen molar-refractivity contribution in [3.05, 3.63) is 42.0 Å². The molecular formula is C18H21NO5. The highest BCUT2D eigenvalue weighted by Crippen LogP contribution is 2.38. The highest BCUT2D eigenvalue weighted by Gasteiger charge is 2.17. The fraction of sp³-hybridized carbons (Fsp3) is 0.278. The summed E-state index contributed by atoms with van der Waals surface area (Å²) in [7, 11) is 4.52. The molecule has 0 aliphatic heterocycles. The lowest BCUT2D eigenvalue weighted by molar-refractivity contribution is 0.102. The van der Waals surface area contributed by atoms with Gasteiger partial charge < -0.3 is 24.3 Å². The number of hydrogen-bond donors (Lipinski definition) is 1. The van der Waals surface area contributed by atoms with Crippen molar-refractivity contribution in [1.29, 1.82) is 0 Å². The zero-order chi connectivity index (χ0) is 17.5. The average molecular weight is 331 g/mol. The summed E-state index contributed by atoms with van der Waals surface area (Å²) >= 11 is 0. The summed E-state index contributed by atoms with van der Waals surface area (Å²) in [5, 5.41) is 2.82. The maximum absolute atomic E-state index is 12.5. The van der Waals surface area contributed by atoms with Crippen LogP contribution in [0.15, 0.2) is 36.4 Å². The van der Waals surface area contributed by atoms with E-state index in [4.69, 9.17) is 18.9 Å². The third kappa shape index (κ3) is 3.90. The molecule has 0 radical (unpaired) electrons. The molecule has 0 saturated heterocycles. The number of carbonyl (C=O) groups excluding carboxylic acids is 1. The Morgan fingerprint density at radius 3 is 2.00 bits per heavy atom. The molecule has 0 fully saturated rings. The Bertz CT molecular complexity index is 672. The first-order chi connectivity index (χ1) is 11.6. The van der Waals surface area contributed by atoms with Crippen LogP contribution in [0.5, 0.6) is 23.0 Å². The molecule has 0 bridgehead atoms. The molecule has 6 heteroatoms. The number of methoxy groups -OCH3 is 3. The van der Waals surface area contributed by atoms with Crippen LogP contribution in [0.1, 0.15) is 17.3 Å². The summed E-state index contributed by atoms with van der Waals surface area (Å²) in [6.45, 7) is 2.51. The van der Waals surface area contributed by atoms with Crippen molar-refractivity contribution < 1.29 is 23.7 Å². The van der Waals surface area contributed by atoms with E-state index in [2.05, 4.69) is 5.32 Å². The van der Waals surface area contributed by atoms with Gasteiger partial charge in [-0.1, -0.05) is 0 Å². The largest absolute Gasteiger partial charge is 0.494 e. The Balaban J connectivity index is 2.22. The quantitative estimate of drug-likeness (QED) is 0.843. The normalized spacial score (nSPS) is 10.0. The molecule has 0 aliphatic carbocycles. The summed E-state index contributed by atoms with van der Waals surface area (Å²) in [5.41, 5.74) is 1.07. The Morgan fingerprint density at radius 2 is 1.54 bits per heavy atom. The van der Waals surface area contributed by atoms with Crippen LogP contribution in [-0.4, -0.2) is 33.8 Å². The molecule has 0 atom stereocenters. The zero-order valence-electron chi connectivity index (χ0n) is 14.2. The smallest absolute Gasteiger partial charge is 0.255 e. The summed E-state index contributed by atoms with van der Waals surface area (Å²) in [6, 6.07) is 10.4. The van der Waals surface area contributed by atoms with Gasteiger partial charge in [-0.05, 0) is 43.3 Å². The predicted octanol–water partition coefficient (Wildman–Crippen LogP) is 3.36. The van der Waals surface area contributed by atoms with Gasteiger partial charge in [0, 0.05) is 11.3 Å². The van der Waals surface area contributed by atoms with Gasteiger partial charge in [0.1, 0.15) is 5.75 Å². The number of ether oxygens (including phenoxy) is 4. The molecule has 2 rings (SSSR count). The summed E-state index contributed by atoms with van der Waals surface area (Å²) < 4.78 is 21.2. The highest BCUT2D eigenvalue weighted by molar-refractivity contribution is 6.05. The average Bonchev–Trinajstić information content (AvgIpc) is 2.62. The van der Waals surface area contributed by atoms with Crippen LogP contribution in [0.3, 0.4) is 0 Å². The zero-order valence-corrected chi connectivity index (χ0v) is 14.2. The van der Waals surface area contributed by atoms with E-state index in [9.17, 15) is 4.79 Å². The van der Waals surface area contributed by atoms with Gasteiger partial charge >= 0.3 is 0 Å². The van der Waals surface area contributed by atoms with Crippen LogP contribution in [-0.2, 0) is 0 Å². The third-order valence-electron chi connectivity index (χ3n) is 3.35. The van der Waals surface area contributed by atoms with E-state index < -0.39 is 0 Å². The van der Waals surface area contributed by atoms with Crippen LogP contribution in [0, 0.1) is 0 Å². The minimum Gasteiger partial charge on any atom is -0.494 e. The van der Waals surface area contributed by atoms with Gasteiger partial charge in [-0.2, -0.15) is 0 Å². The molecule has 0 aliphatic rings. The number of hydrogen-bond acceptors (Lipinski definition) is 5. The second-order valence-electron chi connectivity index (χ2n) is 4.83. The minimum atomic E-state index is -0.279.